The number of hydrogen-bond donors (Lipinski definition) is 2. The van der Waals surface area contributed by atoms with E-state index in [0.29, 0.717) is 12.1 Å². The molecule has 0 atom stereocenters. The highest BCUT2D eigenvalue weighted by atomic mass is 32.2. The van der Waals surface area contributed by atoms with Gasteiger partial charge in [0.15, 0.2) is 0 Å². The first-order chi connectivity index (χ1) is 9.40. The van der Waals surface area contributed by atoms with Crippen molar-refractivity contribution in [3.8, 4) is 0 Å². The molecule has 0 spiro atoms. The molecule has 0 aromatic heterocycles. The second-order valence-electron chi connectivity index (χ2n) is 5.43. The maximum Gasteiger partial charge on any atom is 0.241 e. The van der Waals surface area contributed by atoms with Crippen molar-refractivity contribution in [2.75, 3.05) is 6.54 Å². The molecule has 2 rings (SSSR count). The molecule has 4 nitrogen and oxygen atoms in total. The third-order valence-electron chi connectivity index (χ3n) is 3.82. The van der Waals surface area contributed by atoms with Crippen molar-refractivity contribution < 1.29 is 8.42 Å². The molecule has 20 heavy (non-hydrogen) atoms. The number of rotatable bonds is 7. The minimum absolute atomic E-state index is 0.0978. The van der Waals surface area contributed by atoms with Gasteiger partial charge in [-0.2, -0.15) is 0 Å². The van der Waals surface area contributed by atoms with Gasteiger partial charge >= 0.3 is 0 Å². The van der Waals surface area contributed by atoms with Gasteiger partial charge in [-0.15, -0.1) is 0 Å². The van der Waals surface area contributed by atoms with Gasteiger partial charge in [0, 0.05) is 12.1 Å². The molecule has 0 radical (unpaired) electrons. The summed E-state index contributed by atoms with van der Waals surface area (Å²) < 4.78 is 27.5. The molecular formula is C14H20N2O2S2. The van der Waals surface area contributed by atoms with Crippen LogP contribution >= 0.6 is 12.2 Å². The molecule has 0 amide bonds. The summed E-state index contributed by atoms with van der Waals surface area (Å²) in [5, 5.41) is 0. The first kappa shape index (κ1) is 15.4. The van der Waals surface area contributed by atoms with Crippen LogP contribution in [-0.4, -0.2) is 20.0 Å². The summed E-state index contributed by atoms with van der Waals surface area (Å²) in [7, 11) is -3.56. The lowest BCUT2D eigenvalue weighted by Crippen LogP contribution is -2.31. The maximum absolute atomic E-state index is 12.4. The first-order valence-corrected chi connectivity index (χ1v) is 8.68. The van der Waals surface area contributed by atoms with Crippen LogP contribution in [0.2, 0.25) is 0 Å². The van der Waals surface area contributed by atoms with Gasteiger partial charge in [-0.1, -0.05) is 43.8 Å². The largest absolute Gasteiger partial charge is 0.389 e. The molecule has 1 saturated carbocycles. The lowest BCUT2D eigenvalue weighted by molar-refractivity contribution is 0.449. The average molecular weight is 312 g/mol. The molecule has 0 bridgehead atoms. The standard InChI is InChI=1S/C14H20N2O2S2/c1-2-7-14(8-9-14)10-16-20(17,18)12-6-4-3-5-11(12)13(15)19/h3-6,16H,2,7-10H2,1H3,(H2,15,19). The Balaban J connectivity index is 2.17. The smallest absolute Gasteiger partial charge is 0.241 e. The summed E-state index contributed by atoms with van der Waals surface area (Å²) in [6, 6.07) is 6.58. The van der Waals surface area contributed by atoms with Gasteiger partial charge in [-0.25, -0.2) is 13.1 Å². The zero-order chi connectivity index (χ0) is 14.8. The van der Waals surface area contributed by atoms with Gasteiger partial charge in [-0.3, -0.25) is 0 Å². The Labute approximate surface area is 125 Å². The van der Waals surface area contributed by atoms with Gasteiger partial charge in [0.05, 0.1) is 4.90 Å². The fraction of sp³-hybridized carbons (Fsp3) is 0.500. The van der Waals surface area contributed by atoms with E-state index < -0.39 is 10.0 Å². The average Bonchev–Trinajstić information content (AvgIpc) is 3.17. The van der Waals surface area contributed by atoms with Crippen LogP contribution in [0, 0.1) is 5.41 Å². The number of benzene rings is 1. The normalized spacial score (nSPS) is 16.9. The zero-order valence-corrected chi connectivity index (χ0v) is 13.2. The molecule has 1 aromatic rings. The Bertz CT molecular complexity index is 607. The van der Waals surface area contributed by atoms with Crippen molar-refractivity contribution in [2.45, 2.75) is 37.5 Å². The van der Waals surface area contributed by atoms with E-state index in [0.717, 1.165) is 25.7 Å². The minimum Gasteiger partial charge on any atom is -0.389 e. The van der Waals surface area contributed by atoms with Crippen molar-refractivity contribution in [1.29, 1.82) is 0 Å². The highest BCUT2D eigenvalue weighted by Gasteiger charge is 2.42. The third-order valence-corrected chi connectivity index (χ3v) is 5.50. The minimum atomic E-state index is -3.56. The van der Waals surface area contributed by atoms with Crippen molar-refractivity contribution >= 4 is 27.2 Å². The van der Waals surface area contributed by atoms with Crippen LogP contribution in [0.25, 0.3) is 0 Å². The molecule has 0 saturated heterocycles. The van der Waals surface area contributed by atoms with Crippen LogP contribution < -0.4 is 10.5 Å². The summed E-state index contributed by atoms with van der Waals surface area (Å²) in [6.07, 6.45) is 4.33. The van der Waals surface area contributed by atoms with Crippen LogP contribution in [0.5, 0.6) is 0 Å². The summed E-state index contributed by atoms with van der Waals surface area (Å²) in [5.41, 5.74) is 6.16. The predicted octanol–water partition coefficient (Wildman–Crippen LogP) is 2.18. The van der Waals surface area contributed by atoms with Crippen molar-refractivity contribution in [1.82, 2.24) is 4.72 Å². The van der Waals surface area contributed by atoms with E-state index in [2.05, 4.69) is 11.6 Å². The fourth-order valence-corrected chi connectivity index (χ4v) is 4.07. The van der Waals surface area contributed by atoms with Crippen molar-refractivity contribution in [3.05, 3.63) is 29.8 Å². The maximum atomic E-state index is 12.4. The Morgan fingerprint density at radius 1 is 1.40 bits per heavy atom. The molecule has 3 N–H and O–H groups in total. The summed E-state index contributed by atoms with van der Waals surface area (Å²) in [4.78, 5) is 0.264. The van der Waals surface area contributed by atoms with Crippen molar-refractivity contribution in [3.63, 3.8) is 0 Å². The van der Waals surface area contributed by atoms with E-state index in [-0.39, 0.29) is 15.3 Å². The molecule has 0 unspecified atom stereocenters. The summed E-state index contributed by atoms with van der Waals surface area (Å²) >= 11 is 4.92. The van der Waals surface area contributed by atoms with Crippen LogP contribution in [0.3, 0.4) is 0 Å². The van der Waals surface area contributed by atoms with Crippen LogP contribution in [-0.2, 0) is 10.0 Å². The third kappa shape index (κ3) is 3.37. The fourth-order valence-electron chi connectivity index (χ4n) is 2.45. The predicted molar refractivity (Wildman–Crippen MR) is 84.1 cm³/mol. The molecular weight excluding hydrogens is 292 g/mol. The zero-order valence-electron chi connectivity index (χ0n) is 11.6. The van der Waals surface area contributed by atoms with Gasteiger partial charge < -0.3 is 5.73 Å². The molecule has 1 aliphatic rings. The first-order valence-electron chi connectivity index (χ1n) is 6.79. The molecule has 1 aliphatic carbocycles. The highest BCUT2D eigenvalue weighted by Crippen LogP contribution is 2.49. The second kappa shape index (κ2) is 5.79. The lowest BCUT2D eigenvalue weighted by atomic mass is 10.0. The van der Waals surface area contributed by atoms with Gasteiger partial charge in [0.25, 0.3) is 0 Å². The van der Waals surface area contributed by atoms with E-state index in [1.54, 1.807) is 18.2 Å². The topological polar surface area (TPSA) is 72.2 Å². The van der Waals surface area contributed by atoms with E-state index in [9.17, 15) is 8.42 Å². The molecule has 0 heterocycles. The number of hydrogen-bond acceptors (Lipinski definition) is 3. The van der Waals surface area contributed by atoms with Gasteiger partial charge in [0.1, 0.15) is 4.99 Å². The number of nitrogens with one attached hydrogen (secondary N) is 1. The van der Waals surface area contributed by atoms with Crippen LogP contribution in [0.4, 0.5) is 0 Å². The Morgan fingerprint density at radius 3 is 2.60 bits per heavy atom. The quantitative estimate of drug-likeness (QED) is 0.757. The molecule has 6 heteroatoms. The number of sulfonamides is 1. The summed E-state index contributed by atoms with van der Waals surface area (Å²) in [6.45, 7) is 2.62. The monoisotopic (exact) mass is 312 g/mol. The second-order valence-corrected chi connectivity index (χ2v) is 7.61. The molecule has 0 aliphatic heterocycles. The highest BCUT2D eigenvalue weighted by molar-refractivity contribution is 7.89. The lowest BCUT2D eigenvalue weighted by Gasteiger charge is -2.16. The van der Waals surface area contributed by atoms with E-state index in [1.165, 1.54) is 6.07 Å². The van der Waals surface area contributed by atoms with Crippen LogP contribution in [0.1, 0.15) is 38.2 Å². The van der Waals surface area contributed by atoms with Gasteiger partial charge in [0.2, 0.25) is 10.0 Å². The molecule has 110 valence electrons. The number of nitrogens with two attached hydrogens (primary N) is 1. The van der Waals surface area contributed by atoms with Crippen molar-refractivity contribution in [2.24, 2.45) is 11.1 Å². The Kier molecular flexibility index (Phi) is 4.46. The SMILES string of the molecule is CCCC1(CNS(=O)(=O)c2ccccc2C(N)=S)CC1. The molecule has 1 aromatic carbocycles. The van der Waals surface area contributed by atoms with Gasteiger partial charge in [-0.05, 0) is 30.7 Å². The number of thiocarbonyl (C=S) groups is 1. The summed E-state index contributed by atoms with van der Waals surface area (Å²) in [5.74, 6) is 0. The Morgan fingerprint density at radius 2 is 2.05 bits per heavy atom. The van der Waals surface area contributed by atoms with E-state index in [1.807, 2.05) is 0 Å². The van der Waals surface area contributed by atoms with E-state index >= 15 is 0 Å². The van der Waals surface area contributed by atoms with Crippen LogP contribution in [0.15, 0.2) is 29.2 Å². The van der Waals surface area contributed by atoms with E-state index in [4.69, 9.17) is 18.0 Å². The molecule has 1 fully saturated rings. The Hall–Kier alpha value is -0.980.